The van der Waals surface area contributed by atoms with Gasteiger partial charge in [-0.3, -0.25) is 0 Å². The number of hydrogen-bond acceptors (Lipinski definition) is 4. The van der Waals surface area contributed by atoms with Crippen LogP contribution in [0.3, 0.4) is 0 Å². The van der Waals surface area contributed by atoms with Gasteiger partial charge in [0.1, 0.15) is 4.21 Å². The lowest BCUT2D eigenvalue weighted by molar-refractivity contribution is 0.0724. The minimum absolute atomic E-state index is 0.0352. The molecular weight excluding hydrogens is 350 g/mol. The van der Waals surface area contributed by atoms with Gasteiger partial charge >= 0.3 is 0 Å². The number of halogens is 1. The first-order valence-electron chi connectivity index (χ1n) is 6.34. The Balaban J connectivity index is 2.01. The van der Waals surface area contributed by atoms with Crippen molar-refractivity contribution in [3.63, 3.8) is 0 Å². The fourth-order valence-electron chi connectivity index (χ4n) is 2.28. The standard InChI is InChI=1S/C12H18BrNO3S2/c1-8-6-11(18-12(8)13)19(16,17)14-7-9-4-2-3-5-10(9)15/h6,9-10,14-15H,2-5,7H2,1H3. The second kappa shape index (κ2) is 6.22. The molecule has 19 heavy (non-hydrogen) atoms. The maximum absolute atomic E-state index is 12.1. The molecule has 0 spiro atoms. The molecular formula is C12H18BrNO3S2. The molecule has 1 aromatic heterocycles. The summed E-state index contributed by atoms with van der Waals surface area (Å²) in [5, 5.41) is 9.84. The first-order chi connectivity index (χ1) is 8.90. The van der Waals surface area contributed by atoms with Crippen LogP contribution >= 0.6 is 27.3 Å². The highest BCUT2D eigenvalue weighted by Crippen LogP contribution is 2.31. The van der Waals surface area contributed by atoms with Gasteiger partial charge in [0.05, 0.1) is 9.89 Å². The van der Waals surface area contributed by atoms with E-state index in [2.05, 4.69) is 20.7 Å². The summed E-state index contributed by atoms with van der Waals surface area (Å²) in [6.45, 7) is 2.18. The number of rotatable bonds is 4. The van der Waals surface area contributed by atoms with Gasteiger partial charge in [-0.1, -0.05) is 12.8 Å². The number of thiophene rings is 1. The van der Waals surface area contributed by atoms with E-state index in [1.54, 1.807) is 6.07 Å². The summed E-state index contributed by atoms with van der Waals surface area (Å²) in [6.07, 6.45) is 3.37. The lowest BCUT2D eigenvalue weighted by Crippen LogP contribution is -2.36. The van der Waals surface area contributed by atoms with Gasteiger partial charge in [-0.25, -0.2) is 13.1 Å². The third-order valence-electron chi connectivity index (χ3n) is 3.50. The van der Waals surface area contributed by atoms with Crippen molar-refractivity contribution in [3.05, 3.63) is 15.4 Å². The van der Waals surface area contributed by atoms with Crippen molar-refractivity contribution < 1.29 is 13.5 Å². The highest BCUT2D eigenvalue weighted by Gasteiger charge is 2.26. The number of hydrogen-bond donors (Lipinski definition) is 2. The lowest BCUT2D eigenvalue weighted by Gasteiger charge is -2.27. The summed E-state index contributed by atoms with van der Waals surface area (Å²) in [4.78, 5) is 0. The topological polar surface area (TPSA) is 66.4 Å². The van der Waals surface area contributed by atoms with Gasteiger partial charge in [0, 0.05) is 6.54 Å². The van der Waals surface area contributed by atoms with E-state index in [1.807, 2.05) is 6.92 Å². The molecule has 2 N–H and O–H groups in total. The molecule has 1 heterocycles. The SMILES string of the molecule is Cc1cc(S(=O)(=O)NCC2CCCCC2O)sc1Br. The van der Waals surface area contributed by atoms with Crippen LogP contribution in [0.25, 0.3) is 0 Å². The Bertz CT molecular complexity index is 522. The third-order valence-corrected chi connectivity index (χ3v) is 7.54. The Hall–Kier alpha value is 0.0500. The van der Waals surface area contributed by atoms with Gasteiger partial charge in [-0.15, -0.1) is 11.3 Å². The largest absolute Gasteiger partial charge is 0.393 e. The predicted octanol–water partition coefficient (Wildman–Crippen LogP) is 2.65. The smallest absolute Gasteiger partial charge is 0.250 e. The fourth-order valence-corrected chi connectivity index (χ4v) is 5.64. The maximum atomic E-state index is 12.1. The van der Waals surface area contributed by atoms with E-state index in [-0.39, 0.29) is 12.0 Å². The normalized spacial score (nSPS) is 24.6. The van der Waals surface area contributed by atoms with E-state index in [0.717, 1.165) is 35.0 Å². The number of nitrogens with one attached hydrogen (secondary N) is 1. The second-order valence-electron chi connectivity index (χ2n) is 4.99. The van der Waals surface area contributed by atoms with Crippen LogP contribution in [0, 0.1) is 12.8 Å². The van der Waals surface area contributed by atoms with Crippen LogP contribution in [-0.2, 0) is 10.0 Å². The number of aryl methyl sites for hydroxylation is 1. The molecule has 2 rings (SSSR count). The summed E-state index contributed by atoms with van der Waals surface area (Å²) in [6, 6.07) is 1.66. The molecule has 108 valence electrons. The van der Waals surface area contributed by atoms with Crippen molar-refractivity contribution in [2.45, 2.75) is 42.9 Å². The molecule has 2 unspecified atom stereocenters. The molecule has 1 fully saturated rings. The van der Waals surface area contributed by atoms with Crippen molar-refractivity contribution in [1.29, 1.82) is 0 Å². The van der Waals surface area contributed by atoms with E-state index in [4.69, 9.17) is 0 Å². The van der Waals surface area contributed by atoms with Gasteiger partial charge < -0.3 is 5.11 Å². The van der Waals surface area contributed by atoms with E-state index in [9.17, 15) is 13.5 Å². The Morgan fingerprint density at radius 1 is 1.47 bits per heavy atom. The van der Waals surface area contributed by atoms with Crippen LogP contribution in [0.2, 0.25) is 0 Å². The third kappa shape index (κ3) is 3.78. The van der Waals surface area contributed by atoms with Gasteiger partial charge in [0.15, 0.2) is 0 Å². The average molecular weight is 368 g/mol. The van der Waals surface area contributed by atoms with Gasteiger partial charge in [0.2, 0.25) is 10.0 Å². The van der Waals surface area contributed by atoms with Crippen molar-refractivity contribution >= 4 is 37.3 Å². The molecule has 2 atom stereocenters. The Morgan fingerprint density at radius 2 is 2.16 bits per heavy atom. The average Bonchev–Trinajstić information content (AvgIpc) is 2.70. The van der Waals surface area contributed by atoms with Crippen LogP contribution in [0.15, 0.2) is 14.1 Å². The first kappa shape index (κ1) is 15.4. The summed E-state index contributed by atoms with van der Waals surface area (Å²) >= 11 is 4.54. The molecule has 0 radical (unpaired) electrons. The zero-order chi connectivity index (χ0) is 14.0. The van der Waals surface area contributed by atoms with Crippen LogP contribution in [-0.4, -0.2) is 26.2 Å². The maximum Gasteiger partial charge on any atom is 0.250 e. The van der Waals surface area contributed by atoms with Gasteiger partial charge in [-0.05, 0) is 53.2 Å². The Kier molecular flexibility index (Phi) is 5.05. The Morgan fingerprint density at radius 3 is 2.74 bits per heavy atom. The van der Waals surface area contributed by atoms with Crippen molar-refractivity contribution in [1.82, 2.24) is 4.72 Å². The quantitative estimate of drug-likeness (QED) is 0.859. The van der Waals surface area contributed by atoms with Gasteiger partial charge in [-0.2, -0.15) is 0 Å². The molecule has 4 nitrogen and oxygen atoms in total. The van der Waals surface area contributed by atoms with E-state index in [1.165, 1.54) is 11.3 Å². The molecule has 7 heteroatoms. The molecule has 0 aromatic carbocycles. The van der Waals surface area contributed by atoms with Crippen LogP contribution in [0.5, 0.6) is 0 Å². The molecule has 1 saturated carbocycles. The number of sulfonamides is 1. The van der Waals surface area contributed by atoms with E-state index in [0.29, 0.717) is 10.8 Å². The zero-order valence-electron chi connectivity index (χ0n) is 10.7. The molecule has 0 bridgehead atoms. The highest BCUT2D eigenvalue weighted by atomic mass is 79.9. The summed E-state index contributed by atoms with van der Waals surface area (Å²) in [5.74, 6) is 0.0352. The first-order valence-corrected chi connectivity index (χ1v) is 9.43. The lowest BCUT2D eigenvalue weighted by atomic mass is 9.87. The molecule has 1 aliphatic carbocycles. The fraction of sp³-hybridized carbons (Fsp3) is 0.667. The summed E-state index contributed by atoms with van der Waals surface area (Å²) < 4.78 is 28.1. The predicted molar refractivity (Wildman–Crippen MR) is 79.9 cm³/mol. The Labute approximate surface area is 126 Å². The van der Waals surface area contributed by atoms with Crippen LogP contribution in [0.1, 0.15) is 31.2 Å². The van der Waals surface area contributed by atoms with Gasteiger partial charge in [0.25, 0.3) is 0 Å². The molecule has 1 aromatic rings. The summed E-state index contributed by atoms with van der Waals surface area (Å²) in [5.41, 5.74) is 0.920. The van der Waals surface area contributed by atoms with Crippen molar-refractivity contribution in [3.8, 4) is 0 Å². The molecule has 0 aliphatic heterocycles. The minimum Gasteiger partial charge on any atom is -0.393 e. The summed E-state index contributed by atoms with van der Waals surface area (Å²) in [7, 11) is -3.46. The van der Waals surface area contributed by atoms with E-state index >= 15 is 0 Å². The zero-order valence-corrected chi connectivity index (χ0v) is 13.9. The molecule has 0 saturated heterocycles. The van der Waals surface area contributed by atoms with Crippen LogP contribution in [0.4, 0.5) is 0 Å². The number of aliphatic hydroxyl groups excluding tert-OH is 1. The monoisotopic (exact) mass is 367 g/mol. The van der Waals surface area contributed by atoms with Crippen molar-refractivity contribution in [2.24, 2.45) is 5.92 Å². The molecule has 0 amide bonds. The minimum atomic E-state index is -3.46. The second-order valence-corrected chi connectivity index (χ2v) is 9.35. The van der Waals surface area contributed by atoms with E-state index < -0.39 is 10.0 Å². The highest BCUT2D eigenvalue weighted by molar-refractivity contribution is 9.11. The van der Waals surface area contributed by atoms with Crippen LogP contribution < -0.4 is 4.72 Å². The molecule has 1 aliphatic rings. The number of aliphatic hydroxyl groups is 1. The van der Waals surface area contributed by atoms with Crippen molar-refractivity contribution in [2.75, 3.05) is 6.54 Å².